The maximum atomic E-state index is 13.3. The quantitative estimate of drug-likeness (QED) is 0.330. The number of hydrogen-bond acceptors (Lipinski definition) is 5. The number of hydrogen-bond donors (Lipinski definition) is 3. The number of aliphatic imine (C=N–C) groups is 1. The molecule has 0 saturated heterocycles. The molecular weight excluding hydrogens is 558 g/mol. The Morgan fingerprint density at radius 2 is 1.66 bits per heavy atom. The number of methoxy groups -OCH3 is 1. The summed E-state index contributed by atoms with van der Waals surface area (Å²) in [5.74, 6) is -6.27. The minimum Gasteiger partial charge on any atom is -0.497 e. The maximum absolute atomic E-state index is 13.3. The van der Waals surface area contributed by atoms with Gasteiger partial charge in [0.05, 0.1) is 18.5 Å². The van der Waals surface area contributed by atoms with Gasteiger partial charge in [0, 0.05) is 41.9 Å². The number of fused-ring (bicyclic) bond motifs is 1. The molecule has 4 N–H and O–H groups in total. The molecule has 0 fully saturated rings. The second-order valence-electron chi connectivity index (χ2n) is 9.43. The Bertz CT molecular complexity index is 1280. The zero-order valence-corrected chi connectivity index (χ0v) is 21.8. The number of alkyl halides is 6. The molecule has 1 heterocycles. The molecule has 8 nitrogen and oxygen atoms in total. The van der Waals surface area contributed by atoms with Crippen molar-refractivity contribution in [3.05, 3.63) is 59.7 Å². The van der Waals surface area contributed by atoms with Crippen molar-refractivity contribution in [3.8, 4) is 5.75 Å². The standard InChI is InChI=1S/C27H28F6N4O4/c1-41-16-9-10-19-20(14-16)35-25(40)23(36-21(19)15-6-3-2-4-7-15)37-24(39)18(11-13-27(31,32)33)17(22(34)38)8-5-12-26(28,29)30/h2-4,6-7,9-10,14,17-18,23H,5,8,11-13H2,1H3,(H2,34,38)(H,35,40)(H,37,39)/t17-,18+,23?/m0/s1. The number of ether oxygens (including phenoxy) is 1. The molecule has 222 valence electrons. The summed E-state index contributed by atoms with van der Waals surface area (Å²) in [7, 11) is 1.42. The number of anilines is 1. The lowest BCUT2D eigenvalue weighted by Crippen LogP contribution is -2.48. The van der Waals surface area contributed by atoms with Gasteiger partial charge >= 0.3 is 12.4 Å². The molecular formula is C27H28F6N4O4. The Kier molecular flexibility index (Phi) is 10.00. The van der Waals surface area contributed by atoms with Crippen LogP contribution in [-0.4, -0.2) is 49.1 Å². The molecule has 1 aliphatic rings. The SMILES string of the molecule is COc1ccc2c(c1)NC(=O)C(NC(=O)[C@H](CCC(F)(F)F)[C@H](CCCC(F)(F)F)C(N)=O)N=C2c1ccccc1. The summed E-state index contributed by atoms with van der Waals surface area (Å²) in [6.07, 6.45) is -15.9. The van der Waals surface area contributed by atoms with Gasteiger partial charge in [-0.15, -0.1) is 0 Å². The van der Waals surface area contributed by atoms with E-state index < -0.39 is 80.2 Å². The van der Waals surface area contributed by atoms with Crippen LogP contribution < -0.4 is 21.1 Å². The number of primary amides is 1. The predicted molar refractivity (Wildman–Crippen MR) is 137 cm³/mol. The highest BCUT2D eigenvalue weighted by atomic mass is 19.4. The fourth-order valence-electron chi connectivity index (χ4n) is 4.48. The van der Waals surface area contributed by atoms with E-state index in [1.807, 2.05) is 0 Å². The largest absolute Gasteiger partial charge is 0.497 e. The third-order valence-electron chi connectivity index (χ3n) is 6.47. The average Bonchev–Trinajstić information content (AvgIpc) is 3.02. The van der Waals surface area contributed by atoms with Gasteiger partial charge < -0.3 is 21.1 Å². The lowest BCUT2D eigenvalue weighted by Gasteiger charge is -2.26. The number of benzodiazepines with no additional fused rings is 1. The fraction of sp³-hybridized carbons (Fsp3) is 0.407. The second kappa shape index (κ2) is 13.0. The third kappa shape index (κ3) is 8.95. The first-order valence-corrected chi connectivity index (χ1v) is 12.5. The summed E-state index contributed by atoms with van der Waals surface area (Å²) < 4.78 is 82.5. The Morgan fingerprint density at radius 1 is 1.00 bits per heavy atom. The van der Waals surface area contributed by atoms with Crippen LogP contribution in [0.3, 0.4) is 0 Å². The van der Waals surface area contributed by atoms with Crippen LogP contribution in [0.25, 0.3) is 0 Å². The van der Waals surface area contributed by atoms with E-state index in [9.17, 15) is 40.7 Å². The minimum absolute atomic E-state index is 0.260. The van der Waals surface area contributed by atoms with Gasteiger partial charge in [-0.05, 0) is 31.4 Å². The van der Waals surface area contributed by atoms with Crippen molar-refractivity contribution in [2.45, 2.75) is 50.6 Å². The number of nitrogens with one attached hydrogen (secondary N) is 2. The van der Waals surface area contributed by atoms with Crippen LogP contribution in [0.2, 0.25) is 0 Å². The van der Waals surface area contributed by atoms with Crippen LogP contribution in [-0.2, 0) is 14.4 Å². The van der Waals surface area contributed by atoms with Gasteiger partial charge in [-0.3, -0.25) is 14.4 Å². The zero-order chi connectivity index (χ0) is 30.4. The molecule has 0 spiro atoms. The third-order valence-corrected chi connectivity index (χ3v) is 6.47. The summed E-state index contributed by atoms with van der Waals surface area (Å²) in [6, 6.07) is 13.3. The average molecular weight is 587 g/mol. The molecule has 0 bridgehead atoms. The Balaban J connectivity index is 1.96. The molecule has 0 saturated carbocycles. The van der Waals surface area contributed by atoms with Crippen LogP contribution in [0.15, 0.2) is 53.5 Å². The first-order chi connectivity index (χ1) is 19.2. The first kappa shape index (κ1) is 31.4. The van der Waals surface area contributed by atoms with Crippen LogP contribution >= 0.6 is 0 Å². The highest BCUT2D eigenvalue weighted by Gasteiger charge is 2.39. The highest BCUT2D eigenvalue weighted by Crippen LogP contribution is 2.32. The van der Waals surface area contributed by atoms with Gasteiger partial charge in [0.2, 0.25) is 18.0 Å². The van der Waals surface area contributed by atoms with Gasteiger partial charge in [0.25, 0.3) is 5.91 Å². The highest BCUT2D eigenvalue weighted by molar-refractivity contribution is 6.20. The van der Waals surface area contributed by atoms with E-state index in [-0.39, 0.29) is 11.4 Å². The number of benzene rings is 2. The smallest absolute Gasteiger partial charge is 0.389 e. The van der Waals surface area contributed by atoms with Crippen molar-refractivity contribution in [2.75, 3.05) is 12.4 Å². The zero-order valence-electron chi connectivity index (χ0n) is 21.8. The van der Waals surface area contributed by atoms with Crippen LogP contribution in [0.1, 0.15) is 43.2 Å². The number of nitrogens with two attached hydrogens (primary N) is 1. The predicted octanol–water partition coefficient (Wildman–Crippen LogP) is 4.72. The van der Waals surface area contributed by atoms with E-state index in [0.29, 0.717) is 16.9 Å². The van der Waals surface area contributed by atoms with Crippen LogP contribution in [0, 0.1) is 11.8 Å². The molecule has 0 aromatic heterocycles. The Hall–Kier alpha value is -4.10. The number of carbonyl (C=O) groups is 3. The first-order valence-electron chi connectivity index (χ1n) is 12.5. The molecule has 1 unspecified atom stereocenters. The fourth-order valence-corrected chi connectivity index (χ4v) is 4.48. The lowest BCUT2D eigenvalue weighted by molar-refractivity contribution is -0.147. The van der Waals surface area contributed by atoms with Gasteiger partial charge in [0.15, 0.2) is 0 Å². The van der Waals surface area contributed by atoms with Crippen LogP contribution in [0.4, 0.5) is 32.0 Å². The molecule has 3 atom stereocenters. The maximum Gasteiger partial charge on any atom is 0.389 e. The molecule has 3 amide bonds. The van der Waals surface area contributed by atoms with Crippen molar-refractivity contribution in [3.63, 3.8) is 0 Å². The molecule has 0 radical (unpaired) electrons. The number of amides is 3. The molecule has 2 aromatic rings. The van der Waals surface area contributed by atoms with Crippen molar-refractivity contribution in [1.82, 2.24) is 5.32 Å². The summed E-state index contributed by atoms with van der Waals surface area (Å²) in [5.41, 5.74) is 6.88. The van der Waals surface area contributed by atoms with Crippen molar-refractivity contribution >= 4 is 29.1 Å². The topological polar surface area (TPSA) is 123 Å². The molecule has 41 heavy (non-hydrogen) atoms. The van der Waals surface area contributed by atoms with E-state index >= 15 is 0 Å². The van der Waals surface area contributed by atoms with Crippen molar-refractivity contribution in [1.29, 1.82) is 0 Å². The summed E-state index contributed by atoms with van der Waals surface area (Å²) in [6.45, 7) is 0. The number of nitrogens with zero attached hydrogens (tertiary/aromatic N) is 1. The molecule has 14 heteroatoms. The van der Waals surface area contributed by atoms with Gasteiger partial charge in [-0.1, -0.05) is 30.3 Å². The van der Waals surface area contributed by atoms with Gasteiger partial charge in [0.1, 0.15) is 5.75 Å². The summed E-state index contributed by atoms with van der Waals surface area (Å²) >= 11 is 0. The summed E-state index contributed by atoms with van der Waals surface area (Å²) in [4.78, 5) is 43.0. The van der Waals surface area contributed by atoms with E-state index in [4.69, 9.17) is 10.5 Å². The number of carbonyl (C=O) groups excluding carboxylic acids is 3. The molecule has 0 aliphatic carbocycles. The minimum atomic E-state index is -4.73. The van der Waals surface area contributed by atoms with E-state index in [1.54, 1.807) is 42.5 Å². The van der Waals surface area contributed by atoms with E-state index in [0.717, 1.165) is 0 Å². The normalized spacial score (nSPS) is 16.9. The Morgan fingerprint density at radius 3 is 2.24 bits per heavy atom. The molecule has 2 aromatic carbocycles. The lowest BCUT2D eigenvalue weighted by atomic mass is 9.83. The summed E-state index contributed by atoms with van der Waals surface area (Å²) in [5, 5.41) is 4.89. The van der Waals surface area contributed by atoms with Gasteiger partial charge in [-0.2, -0.15) is 26.3 Å². The van der Waals surface area contributed by atoms with E-state index in [2.05, 4.69) is 15.6 Å². The monoisotopic (exact) mass is 586 g/mol. The molecule has 3 rings (SSSR count). The number of rotatable bonds is 11. The van der Waals surface area contributed by atoms with Crippen molar-refractivity contribution < 1.29 is 45.5 Å². The molecule has 1 aliphatic heterocycles. The van der Waals surface area contributed by atoms with E-state index in [1.165, 1.54) is 13.2 Å². The second-order valence-corrected chi connectivity index (χ2v) is 9.43. The number of halogens is 6. The van der Waals surface area contributed by atoms with Crippen molar-refractivity contribution in [2.24, 2.45) is 22.6 Å². The van der Waals surface area contributed by atoms with Crippen LogP contribution in [0.5, 0.6) is 5.75 Å². The Labute approximate surface area is 231 Å². The van der Waals surface area contributed by atoms with Gasteiger partial charge in [-0.25, -0.2) is 4.99 Å².